The monoisotopic (exact) mass is 594 g/mol. The summed E-state index contributed by atoms with van der Waals surface area (Å²) in [6.07, 6.45) is 3.41. The molecule has 2 aliphatic rings. The van der Waals surface area contributed by atoms with Gasteiger partial charge >= 0.3 is 5.97 Å². The van der Waals surface area contributed by atoms with Crippen molar-refractivity contribution in [3.05, 3.63) is 137 Å². The van der Waals surface area contributed by atoms with Gasteiger partial charge in [0.2, 0.25) is 0 Å². The average molecular weight is 595 g/mol. The number of methoxy groups -OCH3 is 1. The van der Waals surface area contributed by atoms with Crippen molar-refractivity contribution in [1.29, 1.82) is 0 Å². The Labute approximate surface area is 248 Å². The van der Waals surface area contributed by atoms with Crippen LogP contribution in [0.4, 0.5) is 0 Å². The van der Waals surface area contributed by atoms with Crippen LogP contribution in [-0.4, -0.2) is 22.8 Å². The van der Waals surface area contributed by atoms with Gasteiger partial charge < -0.3 is 14.3 Å². The van der Waals surface area contributed by atoms with Crippen LogP contribution in [-0.2, 0) is 6.42 Å². The van der Waals surface area contributed by atoms with Gasteiger partial charge in [0, 0.05) is 17.2 Å². The molecule has 0 spiro atoms. The molecule has 42 heavy (non-hydrogen) atoms. The van der Waals surface area contributed by atoms with E-state index < -0.39 is 5.97 Å². The molecule has 2 aromatic heterocycles. The number of ether oxygens (including phenoxy) is 1. The van der Waals surface area contributed by atoms with Crippen LogP contribution in [0.3, 0.4) is 0 Å². The fourth-order valence-corrected chi connectivity index (χ4v) is 6.91. The number of halogens is 1. The number of thiazole rings is 1. The van der Waals surface area contributed by atoms with Crippen LogP contribution in [0.5, 0.6) is 5.75 Å². The number of benzene rings is 3. The molecule has 9 heteroatoms. The van der Waals surface area contributed by atoms with Gasteiger partial charge in [-0.25, -0.2) is 9.79 Å². The molecule has 208 valence electrons. The maximum absolute atomic E-state index is 14.0. The largest absolute Gasteiger partial charge is 0.497 e. The number of nitrogens with zero attached hydrogens (tertiary/aromatic N) is 2. The fraction of sp³-hybridized carbons (Fsp3) is 0.121. The molecule has 0 bridgehead atoms. The molecular weight excluding hydrogens is 572 g/mol. The van der Waals surface area contributed by atoms with Crippen molar-refractivity contribution in [3.8, 4) is 17.1 Å². The summed E-state index contributed by atoms with van der Waals surface area (Å²) in [6.45, 7) is 0. The first kappa shape index (κ1) is 26.3. The van der Waals surface area contributed by atoms with Crippen molar-refractivity contribution in [2.75, 3.05) is 7.11 Å². The first-order valence-corrected chi connectivity index (χ1v) is 14.5. The van der Waals surface area contributed by atoms with Crippen LogP contribution in [0.2, 0.25) is 5.02 Å². The Morgan fingerprint density at radius 1 is 1.10 bits per heavy atom. The third-order valence-corrected chi connectivity index (χ3v) is 8.98. The van der Waals surface area contributed by atoms with E-state index >= 15 is 0 Å². The summed E-state index contributed by atoms with van der Waals surface area (Å²) in [4.78, 5) is 31.0. The molecule has 0 saturated carbocycles. The van der Waals surface area contributed by atoms with Crippen molar-refractivity contribution in [2.45, 2.75) is 18.9 Å². The summed E-state index contributed by atoms with van der Waals surface area (Å²) in [5.74, 6) is 0.655. The van der Waals surface area contributed by atoms with Crippen molar-refractivity contribution in [1.82, 2.24) is 4.57 Å². The molecule has 3 aromatic carbocycles. The lowest BCUT2D eigenvalue weighted by molar-refractivity contribution is 0.0697. The third-order valence-electron chi connectivity index (χ3n) is 7.69. The number of carboxylic acid groups (broad SMARTS) is 1. The molecule has 7 rings (SSSR count). The number of carbonyl (C=O) groups is 1. The molecule has 0 radical (unpaired) electrons. The number of aromatic carboxylic acids is 1. The first-order chi connectivity index (χ1) is 20.4. The van der Waals surface area contributed by atoms with Gasteiger partial charge in [-0.3, -0.25) is 9.36 Å². The van der Waals surface area contributed by atoms with Gasteiger partial charge in [0.05, 0.1) is 34.0 Å². The predicted molar refractivity (Wildman–Crippen MR) is 162 cm³/mol. The fourth-order valence-electron chi connectivity index (χ4n) is 5.67. The number of furan rings is 1. The van der Waals surface area contributed by atoms with Crippen LogP contribution in [0.15, 0.2) is 98.6 Å². The van der Waals surface area contributed by atoms with Crippen molar-refractivity contribution in [3.63, 3.8) is 0 Å². The number of hydrogen-bond acceptors (Lipinski definition) is 6. The second kappa shape index (κ2) is 10.3. The SMILES string of the molecule is COc1ccc(C2C3=C(N=c4s/c(=C\c5ccc(-c6ccc(C(=O)O)c(Cl)c6)o5)c(=O)n42)c2ccccc2CC3)cc1. The summed E-state index contributed by atoms with van der Waals surface area (Å²) in [5.41, 5.74) is 5.93. The lowest BCUT2D eigenvalue weighted by Crippen LogP contribution is -2.38. The number of hydrogen-bond donors (Lipinski definition) is 1. The van der Waals surface area contributed by atoms with Gasteiger partial charge in [-0.2, -0.15) is 0 Å². The number of fused-ring (bicyclic) bond motifs is 3. The minimum Gasteiger partial charge on any atom is -0.497 e. The van der Waals surface area contributed by atoms with E-state index in [-0.39, 0.29) is 22.2 Å². The van der Waals surface area contributed by atoms with E-state index in [1.165, 1.54) is 23.0 Å². The third kappa shape index (κ3) is 4.40. The van der Waals surface area contributed by atoms with Gasteiger partial charge in [-0.15, -0.1) is 0 Å². The zero-order valence-electron chi connectivity index (χ0n) is 22.3. The van der Waals surface area contributed by atoms with Gasteiger partial charge in [0.25, 0.3) is 5.56 Å². The van der Waals surface area contributed by atoms with E-state index in [2.05, 4.69) is 12.1 Å². The van der Waals surface area contributed by atoms with Crippen molar-refractivity contribution < 1.29 is 19.1 Å². The number of aryl methyl sites for hydroxylation is 1. The standard InChI is InChI=1S/C33H23ClN2O5S/c1-40-21-10-6-19(7-11-21)30-25-14-8-18-4-2-3-5-23(18)29(25)35-33-36(30)31(37)28(42-33)17-22-12-15-27(41-22)20-9-13-24(32(38)39)26(34)16-20/h2-7,9-13,15-17,30H,8,14H2,1H3,(H,38,39)/b28-17-. The molecule has 1 N–H and O–H groups in total. The Morgan fingerprint density at radius 2 is 1.90 bits per heavy atom. The molecule has 0 fully saturated rings. The minimum atomic E-state index is -1.10. The molecule has 7 nitrogen and oxygen atoms in total. The molecule has 1 aliphatic carbocycles. The Kier molecular flexibility index (Phi) is 6.45. The van der Waals surface area contributed by atoms with Crippen LogP contribution < -0.4 is 19.6 Å². The summed E-state index contributed by atoms with van der Waals surface area (Å²) < 4.78 is 13.7. The highest BCUT2D eigenvalue weighted by Gasteiger charge is 2.32. The molecule has 1 aliphatic heterocycles. The van der Waals surface area contributed by atoms with E-state index in [9.17, 15) is 14.7 Å². The Morgan fingerprint density at radius 3 is 2.67 bits per heavy atom. The summed E-state index contributed by atoms with van der Waals surface area (Å²) >= 11 is 7.49. The first-order valence-electron chi connectivity index (χ1n) is 13.3. The summed E-state index contributed by atoms with van der Waals surface area (Å²) in [6, 6.07) is 24.1. The lowest BCUT2D eigenvalue weighted by Gasteiger charge is -2.30. The number of carboxylic acids is 1. The van der Waals surface area contributed by atoms with Gasteiger partial charge in [-0.05, 0) is 65.9 Å². The second-order valence-corrected chi connectivity index (χ2v) is 11.5. The Hall–Kier alpha value is -4.66. The molecular formula is C33H23ClN2O5S. The quantitative estimate of drug-likeness (QED) is 0.272. The van der Waals surface area contributed by atoms with Gasteiger partial charge in [0.1, 0.15) is 17.3 Å². The highest BCUT2D eigenvalue weighted by molar-refractivity contribution is 7.07. The topological polar surface area (TPSA) is 94.0 Å². The zero-order chi connectivity index (χ0) is 29.0. The number of aromatic nitrogens is 1. The predicted octanol–water partition coefficient (Wildman–Crippen LogP) is 5.94. The number of rotatable bonds is 5. The molecule has 0 saturated heterocycles. The minimum absolute atomic E-state index is 0.0186. The van der Waals surface area contributed by atoms with Gasteiger partial charge in [0.15, 0.2) is 4.80 Å². The van der Waals surface area contributed by atoms with E-state index in [4.69, 9.17) is 25.7 Å². The normalized spacial score (nSPS) is 16.0. The molecule has 1 unspecified atom stereocenters. The van der Waals surface area contributed by atoms with Crippen LogP contribution in [0, 0.1) is 0 Å². The van der Waals surface area contributed by atoms with Crippen molar-refractivity contribution in [2.24, 2.45) is 4.99 Å². The van der Waals surface area contributed by atoms with Crippen molar-refractivity contribution >= 4 is 40.7 Å². The lowest BCUT2D eigenvalue weighted by atomic mass is 9.83. The molecule has 1 atom stereocenters. The van der Waals surface area contributed by atoms with Crippen LogP contribution in [0.25, 0.3) is 23.1 Å². The maximum atomic E-state index is 14.0. The van der Waals surface area contributed by atoms with E-state index in [1.54, 1.807) is 42.0 Å². The number of allylic oxidation sites excluding steroid dienone is 1. The molecule has 3 heterocycles. The van der Waals surface area contributed by atoms with E-state index in [0.717, 1.165) is 41.0 Å². The zero-order valence-corrected chi connectivity index (χ0v) is 23.9. The average Bonchev–Trinajstić information content (AvgIpc) is 3.60. The molecule has 0 amide bonds. The van der Waals surface area contributed by atoms with Gasteiger partial charge in [-0.1, -0.05) is 65.4 Å². The Balaban J connectivity index is 1.35. The smallest absolute Gasteiger partial charge is 0.337 e. The van der Waals surface area contributed by atoms with Crippen LogP contribution in [0.1, 0.15) is 45.3 Å². The van der Waals surface area contributed by atoms with E-state index in [0.29, 0.717) is 26.4 Å². The van der Waals surface area contributed by atoms with Crippen LogP contribution >= 0.6 is 22.9 Å². The summed E-state index contributed by atoms with van der Waals surface area (Å²) in [7, 11) is 1.64. The second-order valence-electron chi connectivity index (χ2n) is 10.1. The van der Waals surface area contributed by atoms with E-state index in [1.807, 2.05) is 36.4 Å². The highest BCUT2D eigenvalue weighted by atomic mass is 35.5. The Bertz CT molecular complexity index is 2100. The summed E-state index contributed by atoms with van der Waals surface area (Å²) in [5, 5.41) is 9.38. The molecule has 5 aromatic rings. The maximum Gasteiger partial charge on any atom is 0.337 e. The highest BCUT2D eigenvalue weighted by Crippen LogP contribution is 2.41.